The fourth-order valence-corrected chi connectivity index (χ4v) is 4.38. The Hall–Kier alpha value is -0.0800. The monoisotopic (exact) mass is 196 g/mol. The van der Waals surface area contributed by atoms with Gasteiger partial charge in [0.2, 0.25) is 0 Å². The van der Waals surface area contributed by atoms with Crippen LogP contribution in [0.5, 0.6) is 0 Å². The fraction of sp³-hybridized carbons (Fsp3) is 1.00. The maximum absolute atomic E-state index is 9.75. The minimum absolute atomic E-state index is 0.0170. The van der Waals surface area contributed by atoms with E-state index in [1.54, 1.807) is 0 Å². The molecule has 4 fully saturated rings. The highest BCUT2D eigenvalue weighted by Gasteiger charge is 2.52. The molecule has 1 aliphatic carbocycles. The number of fused-ring (bicyclic) bond motifs is 2. The van der Waals surface area contributed by atoms with Crippen LogP contribution in [0.1, 0.15) is 32.1 Å². The Morgan fingerprint density at radius 1 is 1.07 bits per heavy atom. The first-order chi connectivity index (χ1) is 6.69. The molecular weight excluding hydrogens is 174 g/mol. The highest BCUT2D eigenvalue weighted by molar-refractivity contribution is 4.91. The normalized spacial score (nSPS) is 57.0. The third kappa shape index (κ3) is 1.17. The summed E-state index contributed by atoms with van der Waals surface area (Å²) in [5.41, 5.74) is 0. The van der Waals surface area contributed by atoms with E-state index in [0.29, 0.717) is 0 Å². The molecule has 1 N–H and O–H groups in total. The summed E-state index contributed by atoms with van der Waals surface area (Å²) in [6, 6.07) is 0.894. The Kier molecular flexibility index (Phi) is 1.94. The lowest BCUT2D eigenvalue weighted by molar-refractivity contribution is -0.955. The van der Waals surface area contributed by atoms with Gasteiger partial charge in [0.15, 0.2) is 0 Å². The van der Waals surface area contributed by atoms with E-state index in [1.165, 1.54) is 36.8 Å². The van der Waals surface area contributed by atoms with E-state index in [0.717, 1.165) is 30.7 Å². The molecule has 3 aliphatic heterocycles. The second kappa shape index (κ2) is 2.96. The molecule has 3 atom stereocenters. The number of piperidine rings is 3. The van der Waals surface area contributed by atoms with Gasteiger partial charge in [-0.05, 0) is 18.8 Å². The zero-order valence-corrected chi connectivity index (χ0v) is 9.15. The lowest BCUT2D eigenvalue weighted by Crippen LogP contribution is -2.67. The lowest BCUT2D eigenvalue weighted by atomic mass is 9.66. The van der Waals surface area contributed by atoms with Gasteiger partial charge in [0.05, 0.1) is 32.3 Å². The van der Waals surface area contributed by atoms with Crippen molar-refractivity contribution in [1.82, 2.24) is 0 Å². The summed E-state index contributed by atoms with van der Waals surface area (Å²) in [5.74, 6) is 1.81. The number of hydrogen-bond acceptors (Lipinski definition) is 1. The molecule has 0 aromatic heterocycles. The zero-order valence-electron chi connectivity index (χ0n) is 9.15. The second-order valence-electron chi connectivity index (χ2n) is 5.96. The van der Waals surface area contributed by atoms with Crippen LogP contribution in [0.3, 0.4) is 0 Å². The van der Waals surface area contributed by atoms with E-state index in [4.69, 9.17) is 0 Å². The van der Waals surface area contributed by atoms with Gasteiger partial charge in [-0.25, -0.2) is 0 Å². The second-order valence-corrected chi connectivity index (χ2v) is 5.96. The van der Waals surface area contributed by atoms with E-state index >= 15 is 0 Å². The van der Waals surface area contributed by atoms with Crippen molar-refractivity contribution in [1.29, 1.82) is 0 Å². The van der Waals surface area contributed by atoms with Crippen LogP contribution in [0.4, 0.5) is 0 Å². The smallest absolute Gasteiger partial charge is 0.0921 e. The van der Waals surface area contributed by atoms with Crippen LogP contribution in [-0.2, 0) is 0 Å². The van der Waals surface area contributed by atoms with Crippen LogP contribution >= 0.6 is 0 Å². The van der Waals surface area contributed by atoms with E-state index in [9.17, 15) is 5.11 Å². The van der Waals surface area contributed by atoms with Crippen molar-refractivity contribution < 1.29 is 9.59 Å². The highest BCUT2D eigenvalue weighted by Crippen LogP contribution is 2.47. The van der Waals surface area contributed by atoms with Crippen molar-refractivity contribution in [2.45, 2.75) is 44.2 Å². The van der Waals surface area contributed by atoms with E-state index in [-0.39, 0.29) is 6.10 Å². The summed E-state index contributed by atoms with van der Waals surface area (Å²) in [5, 5.41) is 9.75. The van der Waals surface area contributed by atoms with Gasteiger partial charge in [-0.3, -0.25) is 0 Å². The van der Waals surface area contributed by atoms with E-state index in [2.05, 4.69) is 7.05 Å². The van der Waals surface area contributed by atoms with Gasteiger partial charge in [0, 0.05) is 25.2 Å². The number of hydrogen-bond donors (Lipinski definition) is 1. The van der Waals surface area contributed by atoms with Crippen molar-refractivity contribution in [3.63, 3.8) is 0 Å². The van der Waals surface area contributed by atoms with Gasteiger partial charge >= 0.3 is 0 Å². The summed E-state index contributed by atoms with van der Waals surface area (Å²) in [6.07, 6.45) is 6.29. The van der Waals surface area contributed by atoms with Crippen molar-refractivity contribution in [2.75, 3.05) is 20.1 Å². The van der Waals surface area contributed by atoms with Crippen molar-refractivity contribution in [3.05, 3.63) is 0 Å². The quantitative estimate of drug-likeness (QED) is 0.580. The SMILES string of the molecule is C[N+]12CCC(CC1)[C@H]1C[C@@H](O)CC[C@H]12. The molecule has 0 aromatic rings. The predicted octanol–water partition coefficient (Wildman–Crippen LogP) is 1.39. The molecule has 0 unspecified atom stereocenters. The first-order valence-electron chi connectivity index (χ1n) is 6.21. The summed E-state index contributed by atoms with van der Waals surface area (Å²) >= 11 is 0. The summed E-state index contributed by atoms with van der Waals surface area (Å²) in [4.78, 5) is 0. The molecular formula is C12H22NO+. The maximum atomic E-state index is 9.75. The van der Waals surface area contributed by atoms with Gasteiger partial charge < -0.3 is 9.59 Å². The molecule has 2 nitrogen and oxygen atoms in total. The predicted molar refractivity (Wildman–Crippen MR) is 55.8 cm³/mol. The molecule has 0 radical (unpaired) electrons. The first kappa shape index (κ1) is 9.17. The first-order valence-corrected chi connectivity index (χ1v) is 6.21. The Bertz CT molecular complexity index is 232. The molecule has 3 heterocycles. The number of nitrogens with zero attached hydrogens (tertiary/aromatic N) is 1. The van der Waals surface area contributed by atoms with Crippen LogP contribution < -0.4 is 0 Å². The Morgan fingerprint density at radius 2 is 1.79 bits per heavy atom. The number of aliphatic hydroxyl groups excluding tert-OH is 1. The van der Waals surface area contributed by atoms with Gasteiger partial charge in [0.1, 0.15) is 0 Å². The molecule has 0 spiro atoms. The Morgan fingerprint density at radius 3 is 2.50 bits per heavy atom. The lowest BCUT2D eigenvalue weighted by Gasteiger charge is -2.58. The number of aliphatic hydroxyl groups is 1. The van der Waals surface area contributed by atoms with Crippen LogP contribution in [0.15, 0.2) is 0 Å². The molecule has 2 heteroatoms. The van der Waals surface area contributed by atoms with E-state index in [1.807, 2.05) is 0 Å². The van der Waals surface area contributed by atoms with E-state index < -0.39 is 0 Å². The van der Waals surface area contributed by atoms with Crippen LogP contribution in [0.25, 0.3) is 0 Å². The molecule has 2 bridgehead atoms. The minimum Gasteiger partial charge on any atom is -0.393 e. The third-order valence-electron chi connectivity index (χ3n) is 5.26. The van der Waals surface area contributed by atoms with Crippen LogP contribution in [0, 0.1) is 11.8 Å². The van der Waals surface area contributed by atoms with Crippen LogP contribution in [-0.4, -0.2) is 41.9 Å². The maximum Gasteiger partial charge on any atom is 0.0921 e. The van der Waals surface area contributed by atoms with Crippen molar-refractivity contribution >= 4 is 0 Å². The topological polar surface area (TPSA) is 20.2 Å². The highest BCUT2D eigenvalue weighted by atomic mass is 16.3. The van der Waals surface area contributed by atoms with Gasteiger partial charge in [-0.2, -0.15) is 0 Å². The molecule has 4 rings (SSSR count). The summed E-state index contributed by atoms with van der Waals surface area (Å²) in [6.45, 7) is 2.81. The Labute approximate surface area is 86.5 Å². The minimum atomic E-state index is 0.0170. The van der Waals surface area contributed by atoms with Crippen LogP contribution in [0.2, 0.25) is 0 Å². The van der Waals surface area contributed by atoms with Crippen molar-refractivity contribution in [2.24, 2.45) is 11.8 Å². The molecule has 14 heavy (non-hydrogen) atoms. The molecule has 4 aliphatic rings. The third-order valence-corrected chi connectivity index (χ3v) is 5.26. The fourth-order valence-electron chi connectivity index (χ4n) is 4.38. The van der Waals surface area contributed by atoms with Gasteiger partial charge in [-0.15, -0.1) is 0 Å². The molecule has 1 saturated carbocycles. The molecule has 3 saturated heterocycles. The standard InChI is InChI=1S/C12H22NO/c1-13-6-4-9(5-7-13)11-8-10(14)2-3-12(11)13/h9-12,14H,2-8H2,1H3/q+1/t9?,10-,11+,12+,13?/m0/s1. The average molecular weight is 196 g/mol. The summed E-state index contributed by atoms with van der Waals surface area (Å²) < 4.78 is 1.33. The Balaban J connectivity index is 1.87. The molecule has 0 aromatic carbocycles. The summed E-state index contributed by atoms with van der Waals surface area (Å²) in [7, 11) is 2.45. The zero-order chi connectivity index (χ0) is 9.76. The van der Waals surface area contributed by atoms with Gasteiger partial charge in [0.25, 0.3) is 0 Å². The largest absolute Gasteiger partial charge is 0.393 e. The van der Waals surface area contributed by atoms with Gasteiger partial charge in [-0.1, -0.05) is 0 Å². The molecule has 0 amide bonds. The average Bonchev–Trinajstić information content (AvgIpc) is 2.18. The molecule has 80 valence electrons. The number of rotatable bonds is 0. The number of quaternary nitrogens is 1. The van der Waals surface area contributed by atoms with Crippen molar-refractivity contribution in [3.8, 4) is 0 Å².